The van der Waals surface area contributed by atoms with Crippen molar-refractivity contribution in [2.45, 2.75) is 31.5 Å². The standard InChI is InChI=1S/C4H7NO4.C4H9NO3.C2H5NO2/c5-2(4(8)9)1-3(6)7;1-2(6)3(5)4(7)8;3-1-2(4)5/h2H,1,5H2,(H,6,7)(H,8,9);2-3,6H,5H2,1H3,(H,7,8);1,3H2,(H,4,5)/t2-;2-,3+;/m01./s1. The lowest BCUT2D eigenvalue weighted by Gasteiger charge is -2.06. The summed E-state index contributed by atoms with van der Waals surface area (Å²) in [6.45, 7) is 1.05. The zero-order chi connectivity index (χ0) is 18.5. The Labute approximate surface area is 125 Å². The van der Waals surface area contributed by atoms with E-state index < -0.39 is 48.5 Å². The summed E-state index contributed by atoms with van der Waals surface area (Å²) in [7, 11) is 0. The second-order valence-corrected chi connectivity index (χ2v) is 3.75. The van der Waals surface area contributed by atoms with Gasteiger partial charge in [-0.05, 0) is 6.92 Å². The number of aliphatic hydroxyl groups is 1. The number of carboxylic acid groups (broad SMARTS) is 4. The number of aliphatic hydroxyl groups excluding tert-OH is 1. The summed E-state index contributed by atoms with van der Waals surface area (Å²) in [6, 6.07) is -2.45. The first-order chi connectivity index (χ1) is 9.86. The molecule has 0 heterocycles. The molecule has 0 aliphatic heterocycles. The van der Waals surface area contributed by atoms with Gasteiger partial charge in [0.15, 0.2) is 0 Å². The first kappa shape index (κ1) is 24.7. The fourth-order valence-corrected chi connectivity index (χ4v) is 0.482. The third-order valence-corrected chi connectivity index (χ3v) is 1.69. The molecule has 0 bridgehead atoms. The van der Waals surface area contributed by atoms with E-state index in [1.807, 2.05) is 0 Å². The minimum Gasteiger partial charge on any atom is -0.481 e. The molecule has 130 valence electrons. The van der Waals surface area contributed by atoms with Crippen LogP contribution < -0.4 is 17.2 Å². The van der Waals surface area contributed by atoms with E-state index in [-0.39, 0.29) is 6.54 Å². The monoisotopic (exact) mass is 327 g/mol. The molecule has 0 amide bonds. The Kier molecular flexibility index (Phi) is 15.4. The molecule has 3 atom stereocenters. The molecular formula is C10H21N3O9. The lowest BCUT2D eigenvalue weighted by atomic mass is 10.2. The van der Waals surface area contributed by atoms with Crippen molar-refractivity contribution < 1.29 is 44.7 Å². The molecule has 0 radical (unpaired) electrons. The average Bonchev–Trinajstić information content (AvgIpc) is 2.37. The highest BCUT2D eigenvalue weighted by Gasteiger charge is 2.16. The molecule has 0 saturated carbocycles. The minimum atomic E-state index is -1.29. The van der Waals surface area contributed by atoms with Gasteiger partial charge in [-0.1, -0.05) is 0 Å². The molecular weight excluding hydrogens is 306 g/mol. The Hall–Kier alpha value is -2.28. The molecule has 0 aromatic rings. The van der Waals surface area contributed by atoms with E-state index in [9.17, 15) is 19.2 Å². The predicted octanol–water partition coefficient (Wildman–Crippen LogP) is -3.32. The summed E-state index contributed by atoms with van der Waals surface area (Å²) < 4.78 is 0. The topological polar surface area (TPSA) is 247 Å². The second kappa shape index (κ2) is 13.7. The van der Waals surface area contributed by atoms with E-state index in [1.165, 1.54) is 6.92 Å². The van der Waals surface area contributed by atoms with Gasteiger partial charge in [-0.2, -0.15) is 0 Å². The number of aliphatic carboxylic acids is 4. The highest BCUT2D eigenvalue weighted by Crippen LogP contribution is 1.86. The maximum absolute atomic E-state index is 9.86. The molecule has 0 unspecified atom stereocenters. The summed E-state index contributed by atoms with van der Waals surface area (Å²) in [5, 5.41) is 40.2. The number of hydrogen-bond donors (Lipinski definition) is 8. The van der Waals surface area contributed by atoms with Crippen molar-refractivity contribution in [3.8, 4) is 0 Å². The van der Waals surface area contributed by atoms with E-state index in [4.69, 9.17) is 37.0 Å². The zero-order valence-electron chi connectivity index (χ0n) is 11.7. The van der Waals surface area contributed by atoms with Crippen LogP contribution >= 0.6 is 0 Å². The van der Waals surface area contributed by atoms with E-state index in [1.54, 1.807) is 0 Å². The van der Waals surface area contributed by atoms with Gasteiger partial charge < -0.3 is 42.7 Å². The summed E-state index contributed by atoms with van der Waals surface area (Å²) in [5.74, 6) is -4.65. The lowest BCUT2D eigenvalue weighted by Crippen LogP contribution is -2.39. The SMILES string of the molecule is C[C@@H](O)[C@H](N)C(=O)O.NCC(=O)O.N[C@@H](CC(=O)O)C(=O)O. The molecule has 11 N–H and O–H groups in total. The van der Waals surface area contributed by atoms with Crippen molar-refractivity contribution in [3.05, 3.63) is 0 Å². The van der Waals surface area contributed by atoms with Crippen LogP contribution in [-0.4, -0.2) is 74.1 Å². The summed E-state index contributed by atoms with van der Waals surface area (Å²) in [5.41, 5.74) is 14.3. The van der Waals surface area contributed by atoms with Crippen LogP contribution in [-0.2, 0) is 19.2 Å². The Morgan fingerprint density at radius 1 is 0.909 bits per heavy atom. The van der Waals surface area contributed by atoms with Crippen LogP contribution in [0.5, 0.6) is 0 Å². The van der Waals surface area contributed by atoms with Gasteiger partial charge in [-0.15, -0.1) is 0 Å². The third kappa shape index (κ3) is 20.0. The maximum Gasteiger partial charge on any atom is 0.323 e. The highest BCUT2D eigenvalue weighted by atomic mass is 16.4. The van der Waals surface area contributed by atoms with Crippen LogP contribution in [0.15, 0.2) is 0 Å². The smallest absolute Gasteiger partial charge is 0.323 e. The Balaban J connectivity index is -0.000000257. The summed E-state index contributed by atoms with van der Waals surface area (Å²) >= 11 is 0. The van der Waals surface area contributed by atoms with Crippen molar-refractivity contribution >= 4 is 23.9 Å². The molecule has 12 heteroatoms. The van der Waals surface area contributed by atoms with Crippen molar-refractivity contribution in [1.82, 2.24) is 0 Å². The third-order valence-electron chi connectivity index (χ3n) is 1.69. The number of nitrogens with two attached hydrogens (primary N) is 3. The lowest BCUT2D eigenvalue weighted by molar-refractivity contribution is -0.144. The zero-order valence-corrected chi connectivity index (χ0v) is 11.7. The van der Waals surface area contributed by atoms with Crippen molar-refractivity contribution in [2.24, 2.45) is 17.2 Å². The second-order valence-electron chi connectivity index (χ2n) is 3.75. The van der Waals surface area contributed by atoms with Gasteiger partial charge in [-0.25, -0.2) is 0 Å². The van der Waals surface area contributed by atoms with Crippen molar-refractivity contribution in [3.63, 3.8) is 0 Å². The van der Waals surface area contributed by atoms with Crippen LogP contribution in [0.3, 0.4) is 0 Å². The van der Waals surface area contributed by atoms with E-state index in [2.05, 4.69) is 5.73 Å². The van der Waals surface area contributed by atoms with Gasteiger partial charge in [0.25, 0.3) is 0 Å². The van der Waals surface area contributed by atoms with Crippen LogP contribution in [0.25, 0.3) is 0 Å². The van der Waals surface area contributed by atoms with Gasteiger partial charge in [0.2, 0.25) is 0 Å². The molecule has 0 aliphatic carbocycles. The molecule has 0 fully saturated rings. The normalized spacial score (nSPS) is 13.1. The van der Waals surface area contributed by atoms with Crippen molar-refractivity contribution in [2.75, 3.05) is 6.54 Å². The fraction of sp³-hybridized carbons (Fsp3) is 0.600. The molecule has 0 aromatic heterocycles. The van der Waals surface area contributed by atoms with Crippen LogP contribution in [0.1, 0.15) is 13.3 Å². The minimum absolute atomic E-state index is 0.278. The Morgan fingerprint density at radius 2 is 1.27 bits per heavy atom. The summed E-state index contributed by atoms with van der Waals surface area (Å²) in [6.07, 6.45) is -1.51. The fourth-order valence-electron chi connectivity index (χ4n) is 0.482. The molecule has 0 aliphatic rings. The predicted molar refractivity (Wildman–Crippen MR) is 71.8 cm³/mol. The largest absolute Gasteiger partial charge is 0.481 e. The first-order valence-electron chi connectivity index (χ1n) is 5.65. The summed E-state index contributed by atoms with van der Waals surface area (Å²) in [4.78, 5) is 38.7. The molecule has 0 saturated heterocycles. The van der Waals surface area contributed by atoms with Gasteiger partial charge in [0.05, 0.1) is 19.1 Å². The molecule has 0 spiro atoms. The van der Waals surface area contributed by atoms with E-state index in [0.29, 0.717) is 0 Å². The van der Waals surface area contributed by atoms with Crippen LogP contribution in [0, 0.1) is 0 Å². The van der Waals surface area contributed by atoms with Crippen molar-refractivity contribution in [1.29, 1.82) is 0 Å². The number of carboxylic acids is 4. The Morgan fingerprint density at radius 3 is 1.32 bits per heavy atom. The van der Waals surface area contributed by atoms with Gasteiger partial charge >= 0.3 is 23.9 Å². The van der Waals surface area contributed by atoms with E-state index >= 15 is 0 Å². The number of rotatable bonds is 6. The van der Waals surface area contributed by atoms with Gasteiger partial charge in [-0.3, -0.25) is 19.2 Å². The van der Waals surface area contributed by atoms with Gasteiger partial charge in [0, 0.05) is 0 Å². The number of hydrogen-bond acceptors (Lipinski definition) is 8. The molecule has 0 rings (SSSR count). The first-order valence-corrected chi connectivity index (χ1v) is 5.65. The highest BCUT2D eigenvalue weighted by molar-refractivity contribution is 5.80. The van der Waals surface area contributed by atoms with E-state index in [0.717, 1.165) is 0 Å². The van der Waals surface area contributed by atoms with Crippen LogP contribution in [0.4, 0.5) is 0 Å². The Bertz CT molecular complexity index is 373. The molecule has 0 aromatic carbocycles. The van der Waals surface area contributed by atoms with Gasteiger partial charge in [0.1, 0.15) is 12.1 Å². The average molecular weight is 327 g/mol. The molecule has 22 heavy (non-hydrogen) atoms. The molecule has 12 nitrogen and oxygen atoms in total. The maximum atomic E-state index is 9.86. The van der Waals surface area contributed by atoms with Crippen LogP contribution in [0.2, 0.25) is 0 Å². The number of carbonyl (C=O) groups is 4. The quantitative estimate of drug-likeness (QED) is 0.238.